The summed E-state index contributed by atoms with van der Waals surface area (Å²) in [5.74, 6) is 0.991. The maximum absolute atomic E-state index is 13.3. The second-order valence-electron chi connectivity index (χ2n) is 9.26. The monoisotopic (exact) mass is 364 g/mol. The summed E-state index contributed by atoms with van der Waals surface area (Å²) in [6.45, 7) is 7.04. The van der Waals surface area contributed by atoms with E-state index in [0.29, 0.717) is 31.1 Å². The average molecular weight is 365 g/mol. The predicted molar refractivity (Wildman–Crippen MR) is 101 cm³/mol. The summed E-state index contributed by atoms with van der Waals surface area (Å²) in [6, 6.07) is 0. The van der Waals surface area contributed by atoms with Crippen LogP contribution in [0.3, 0.4) is 0 Å². The van der Waals surface area contributed by atoms with Crippen LogP contribution in [-0.4, -0.2) is 30.1 Å². The number of rotatable bonds is 1. The Morgan fingerprint density at radius 1 is 1.08 bits per heavy atom. The lowest BCUT2D eigenvalue weighted by atomic mass is 9.60. The maximum Gasteiger partial charge on any atom is 0.305 e. The van der Waals surface area contributed by atoms with Crippen LogP contribution >= 0.6 is 0 Å². The fourth-order valence-corrected chi connectivity index (χ4v) is 5.09. The van der Waals surface area contributed by atoms with Gasteiger partial charge in [0.1, 0.15) is 5.78 Å². The molecular weight excluding hydrogens is 328 g/mol. The van der Waals surface area contributed by atoms with Crippen LogP contribution in [-0.2, 0) is 19.1 Å². The summed E-state index contributed by atoms with van der Waals surface area (Å²) in [6.07, 6.45) is 10.4. The minimum atomic E-state index is -0.241. The zero-order valence-corrected chi connectivity index (χ0v) is 16.9. The van der Waals surface area contributed by atoms with E-state index in [1.807, 2.05) is 0 Å². The van der Waals surface area contributed by atoms with Crippen molar-refractivity contribution >= 4 is 11.8 Å². The minimum absolute atomic E-state index is 0.0286. The van der Waals surface area contributed by atoms with Crippen molar-refractivity contribution in [2.24, 2.45) is 17.3 Å². The van der Waals surface area contributed by atoms with Gasteiger partial charge in [-0.15, -0.1) is 0 Å². The molecule has 0 radical (unpaired) electrons. The molecule has 1 aliphatic carbocycles. The molecule has 0 aromatic heterocycles. The van der Waals surface area contributed by atoms with E-state index >= 15 is 0 Å². The Kier molecular flexibility index (Phi) is 6.11. The van der Waals surface area contributed by atoms with Gasteiger partial charge in [0.05, 0.1) is 18.3 Å². The minimum Gasteiger partial charge on any atom is -0.466 e. The van der Waals surface area contributed by atoms with E-state index in [4.69, 9.17) is 9.47 Å². The Labute approximate surface area is 158 Å². The fourth-order valence-electron chi connectivity index (χ4n) is 5.09. The molecule has 3 aliphatic rings. The van der Waals surface area contributed by atoms with Crippen molar-refractivity contribution in [2.75, 3.05) is 6.61 Å². The van der Waals surface area contributed by atoms with Crippen molar-refractivity contribution in [3.8, 4) is 0 Å². The smallest absolute Gasteiger partial charge is 0.305 e. The molecule has 0 bridgehead atoms. The van der Waals surface area contributed by atoms with Gasteiger partial charge in [-0.3, -0.25) is 9.59 Å². The highest BCUT2D eigenvalue weighted by atomic mass is 16.6. The van der Waals surface area contributed by atoms with E-state index in [9.17, 15) is 9.59 Å². The molecule has 0 amide bonds. The fraction of sp³-hybridized carbons (Fsp3) is 0.909. The third kappa shape index (κ3) is 4.32. The first-order valence-corrected chi connectivity index (χ1v) is 10.8. The summed E-state index contributed by atoms with van der Waals surface area (Å²) in [7, 11) is 0. The number of carbonyl (C=O) groups is 2. The SMILES string of the molecule is CCC1CC(C)CCCC2(C)OC2CCOC(=O)CCC2(CCC2)C1=O. The van der Waals surface area contributed by atoms with Gasteiger partial charge in [-0.1, -0.05) is 33.1 Å². The second kappa shape index (κ2) is 8.00. The van der Waals surface area contributed by atoms with Gasteiger partial charge >= 0.3 is 5.97 Å². The highest BCUT2D eigenvalue weighted by Crippen LogP contribution is 2.49. The van der Waals surface area contributed by atoms with Crippen LogP contribution in [0.25, 0.3) is 0 Å². The van der Waals surface area contributed by atoms with Crippen molar-refractivity contribution in [3.63, 3.8) is 0 Å². The molecule has 4 heteroatoms. The van der Waals surface area contributed by atoms with Gasteiger partial charge in [-0.2, -0.15) is 0 Å². The molecule has 0 N–H and O–H groups in total. The van der Waals surface area contributed by atoms with Crippen molar-refractivity contribution in [1.82, 2.24) is 0 Å². The molecule has 4 nitrogen and oxygen atoms in total. The summed E-state index contributed by atoms with van der Waals surface area (Å²) in [4.78, 5) is 25.4. The van der Waals surface area contributed by atoms with Gasteiger partial charge < -0.3 is 9.47 Å². The molecule has 3 rings (SSSR count). The molecule has 1 spiro atoms. The molecular formula is C22H36O4. The third-order valence-corrected chi connectivity index (χ3v) is 7.24. The molecule has 2 aliphatic heterocycles. The molecule has 2 saturated heterocycles. The van der Waals surface area contributed by atoms with Crippen molar-refractivity contribution < 1.29 is 19.1 Å². The standard InChI is InChI=1S/C22H36O4/c1-4-17-15-16(2)7-5-10-21(3)18(26-21)9-14-25-19(23)8-13-22(20(17)24)11-6-12-22/h16-18H,4-15H2,1-3H3. The van der Waals surface area contributed by atoms with Crippen molar-refractivity contribution in [3.05, 3.63) is 0 Å². The second-order valence-corrected chi connectivity index (χ2v) is 9.26. The number of esters is 1. The number of hydrogen-bond donors (Lipinski definition) is 0. The zero-order chi connectivity index (χ0) is 18.8. The first-order valence-electron chi connectivity index (χ1n) is 10.8. The number of hydrogen-bond acceptors (Lipinski definition) is 4. The molecule has 4 atom stereocenters. The third-order valence-electron chi connectivity index (χ3n) is 7.24. The van der Waals surface area contributed by atoms with E-state index in [1.54, 1.807) is 0 Å². The Hall–Kier alpha value is -0.900. The number of epoxide rings is 1. The van der Waals surface area contributed by atoms with Gasteiger partial charge in [-0.25, -0.2) is 0 Å². The van der Waals surface area contributed by atoms with Crippen molar-refractivity contribution in [2.45, 2.75) is 103 Å². The van der Waals surface area contributed by atoms with Crippen LogP contribution in [0.1, 0.15) is 91.4 Å². The molecule has 3 fully saturated rings. The van der Waals surface area contributed by atoms with Gasteiger partial charge in [0.25, 0.3) is 0 Å². The van der Waals surface area contributed by atoms with Gasteiger partial charge in [-0.05, 0) is 51.4 Å². The van der Waals surface area contributed by atoms with E-state index in [1.165, 1.54) is 0 Å². The number of fused-ring (bicyclic) bond motifs is 1. The zero-order valence-electron chi connectivity index (χ0n) is 16.9. The summed E-state index contributed by atoms with van der Waals surface area (Å²) < 4.78 is 11.3. The highest BCUT2D eigenvalue weighted by Gasteiger charge is 2.51. The Bertz CT molecular complexity index is 524. The molecule has 1 saturated carbocycles. The number of Topliss-reactive ketones (excluding diaryl/α,β-unsaturated/α-hetero) is 1. The first-order chi connectivity index (χ1) is 12.4. The van der Waals surface area contributed by atoms with Gasteiger partial charge in [0.2, 0.25) is 0 Å². The largest absolute Gasteiger partial charge is 0.466 e. The molecule has 2 heterocycles. The summed E-state index contributed by atoms with van der Waals surface area (Å²) in [5.41, 5.74) is -0.270. The molecule has 26 heavy (non-hydrogen) atoms. The number of ether oxygens (including phenoxy) is 2. The number of cyclic esters (lactones) is 1. The maximum atomic E-state index is 13.3. The Morgan fingerprint density at radius 3 is 2.50 bits per heavy atom. The normalized spacial score (nSPS) is 39.0. The van der Waals surface area contributed by atoms with Crippen LogP contribution in [0.15, 0.2) is 0 Å². The van der Waals surface area contributed by atoms with E-state index in [2.05, 4.69) is 20.8 Å². The topological polar surface area (TPSA) is 55.9 Å². The van der Waals surface area contributed by atoms with Crippen molar-refractivity contribution in [1.29, 1.82) is 0 Å². The quantitative estimate of drug-likeness (QED) is 0.494. The van der Waals surface area contributed by atoms with E-state index < -0.39 is 0 Å². The lowest BCUT2D eigenvalue weighted by Crippen LogP contribution is -2.42. The number of carbonyl (C=O) groups excluding carboxylic acids is 2. The van der Waals surface area contributed by atoms with Crippen LogP contribution in [0.2, 0.25) is 0 Å². The van der Waals surface area contributed by atoms with E-state index in [0.717, 1.165) is 57.8 Å². The van der Waals surface area contributed by atoms with E-state index in [-0.39, 0.29) is 29.0 Å². The molecule has 0 aromatic carbocycles. The lowest BCUT2D eigenvalue weighted by molar-refractivity contribution is -0.147. The molecule has 0 aromatic rings. The van der Waals surface area contributed by atoms with Crippen LogP contribution < -0.4 is 0 Å². The summed E-state index contributed by atoms with van der Waals surface area (Å²) >= 11 is 0. The first kappa shape index (κ1) is 19.9. The summed E-state index contributed by atoms with van der Waals surface area (Å²) in [5, 5.41) is 0. The average Bonchev–Trinajstić information content (AvgIpc) is 3.20. The number of ketones is 1. The predicted octanol–water partition coefficient (Wildman–Crippen LogP) is 4.83. The van der Waals surface area contributed by atoms with Crippen LogP contribution in [0.4, 0.5) is 0 Å². The molecule has 148 valence electrons. The van der Waals surface area contributed by atoms with Gasteiger partial charge in [0.15, 0.2) is 0 Å². The Balaban J connectivity index is 1.67. The van der Waals surface area contributed by atoms with Crippen LogP contribution in [0.5, 0.6) is 0 Å². The molecule has 4 unspecified atom stereocenters. The van der Waals surface area contributed by atoms with Crippen LogP contribution in [0, 0.1) is 17.3 Å². The van der Waals surface area contributed by atoms with Gasteiger partial charge in [0, 0.05) is 24.2 Å². The highest BCUT2D eigenvalue weighted by molar-refractivity contribution is 5.88. The lowest BCUT2D eigenvalue weighted by Gasteiger charge is -2.43. The Morgan fingerprint density at radius 2 is 1.85 bits per heavy atom.